The summed E-state index contributed by atoms with van der Waals surface area (Å²) in [5.41, 5.74) is 1.59. The molecule has 0 unspecified atom stereocenters. The standard InChI is InChI=1S/C12H12O4S/c13-11(14)12(3-4-12)10-2-1-8-6-17(15,16)7-9(8)5-10/h1-2,5H,3-4,6-7H2,(H,13,14). The van der Waals surface area contributed by atoms with Gasteiger partial charge >= 0.3 is 5.97 Å². The third kappa shape index (κ3) is 1.57. The van der Waals surface area contributed by atoms with Crippen LogP contribution in [0.2, 0.25) is 0 Å². The summed E-state index contributed by atoms with van der Waals surface area (Å²) >= 11 is 0. The molecule has 1 aliphatic carbocycles. The van der Waals surface area contributed by atoms with Crippen LogP contribution in [0.3, 0.4) is 0 Å². The van der Waals surface area contributed by atoms with E-state index in [0.717, 1.165) is 16.7 Å². The van der Waals surface area contributed by atoms with Crippen molar-refractivity contribution in [2.45, 2.75) is 29.8 Å². The van der Waals surface area contributed by atoms with Crippen LogP contribution < -0.4 is 0 Å². The van der Waals surface area contributed by atoms with Crippen LogP contribution >= 0.6 is 0 Å². The average molecular weight is 252 g/mol. The van der Waals surface area contributed by atoms with Crippen LogP contribution in [0.15, 0.2) is 18.2 Å². The highest BCUT2D eigenvalue weighted by Gasteiger charge is 2.52. The number of carbonyl (C=O) groups is 1. The fraction of sp³-hybridized carbons (Fsp3) is 0.417. The summed E-state index contributed by atoms with van der Waals surface area (Å²) in [5.74, 6) is -0.674. The Morgan fingerprint density at radius 2 is 1.82 bits per heavy atom. The van der Waals surface area contributed by atoms with Crippen LogP contribution in [-0.2, 0) is 31.6 Å². The largest absolute Gasteiger partial charge is 0.481 e. The zero-order valence-electron chi connectivity index (χ0n) is 9.14. The van der Waals surface area contributed by atoms with E-state index in [1.807, 2.05) is 0 Å². The molecule has 90 valence electrons. The van der Waals surface area contributed by atoms with Crippen LogP contribution in [0.1, 0.15) is 29.5 Å². The lowest BCUT2D eigenvalue weighted by atomic mass is 9.93. The van der Waals surface area contributed by atoms with Crippen LogP contribution in [0.5, 0.6) is 0 Å². The second-order valence-electron chi connectivity index (χ2n) is 4.90. The number of rotatable bonds is 2. The molecule has 17 heavy (non-hydrogen) atoms. The summed E-state index contributed by atoms with van der Waals surface area (Å²) in [4.78, 5) is 11.2. The average Bonchev–Trinajstić information content (AvgIpc) is 2.95. The Hall–Kier alpha value is -1.36. The number of benzene rings is 1. The van der Waals surface area contributed by atoms with Gasteiger partial charge in [0, 0.05) is 0 Å². The lowest BCUT2D eigenvalue weighted by Gasteiger charge is -2.11. The smallest absolute Gasteiger partial charge is 0.314 e. The fourth-order valence-corrected chi connectivity index (χ4v) is 4.07. The number of aliphatic carboxylic acids is 1. The monoisotopic (exact) mass is 252 g/mol. The highest BCUT2D eigenvalue weighted by molar-refractivity contribution is 7.90. The van der Waals surface area contributed by atoms with Crippen molar-refractivity contribution >= 4 is 15.8 Å². The van der Waals surface area contributed by atoms with Crippen molar-refractivity contribution in [2.24, 2.45) is 0 Å². The lowest BCUT2D eigenvalue weighted by Crippen LogP contribution is -2.19. The zero-order chi connectivity index (χ0) is 12.3. The van der Waals surface area contributed by atoms with Crippen LogP contribution in [0.4, 0.5) is 0 Å². The van der Waals surface area contributed by atoms with Gasteiger partial charge in [-0.25, -0.2) is 8.42 Å². The van der Waals surface area contributed by atoms with Crippen molar-refractivity contribution in [3.63, 3.8) is 0 Å². The molecule has 1 aromatic rings. The van der Waals surface area contributed by atoms with Gasteiger partial charge in [-0.2, -0.15) is 0 Å². The third-order valence-electron chi connectivity index (χ3n) is 3.67. The normalized spacial score (nSPS) is 23.1. The number of hydrogen-bond donors (Lipinski definition) is 1. The molecular weight excluding hydrogens is 240 g/mol. The second kappa shape index (κ2) is 3.10. The number of sulfone groups is 1. The summed E-state index contributed by atoms with van der Waals surface area (Å²) in [5, 5.41) is 9.19. The lowest BCUT2D eigenvalue weighted by molar-refractivity contribution is -0.140. The molecule has 5 heteroatoms. The molecular formula is C12H12O4S. The minimum Gasteiger partial charge on any atom is -0.481 e. The number of fused-ring (bicyclic) bond motifs is 1. The Balaban J connectivity index is 2.05. The Morgan fingerprint density at radius 1 is 1.18 bits per heavy atom. The molecule has 1 heterocycles. The van der Waals surface area contributed by atoms with Crippen LogP contribution in [-0.4, -0.2) is 19.5 Å². The van der Waals surface area contributed by atoms with Crippen molar-refractivity contribution in [3.8, 4) is 0 Å². The highest BCUT2D eigenvalue weighted by atomic mass is 32.2. The van der Waals surface area contributed by atoms with Gasteiger partial charge < -0.3 is 5.11 Å². The van der Waals surface area contributed by atoms with Crippen LogP contribution in [0, 0.1) is 0 Å². The molecule has 0 aromatic heterocycles. The first-order valence-corrected chi connectivity index (χ1v) is 7.31. The molecule has 0 bridgehead atoms. The van der Waals surface area contributed by atoms with E-state index < -0.39 is 21.2 Å². The van der Waals surface area contributed by atoms with Crippen molar-refractivity contribution in [2.75, 3.05) is 0 Å². The molecule has 0 atom stereocenters. The first-order valence-electron chi connectivity index (χ1n) is 5.49. The molecule has 1 saturated carbocycles. The predicted molar refractivity (Wildman–Crippen MR) is 61.3 cm³/mol. The van der Waals surface area contributed by atoms with Gasteiger partial charge in [0.2, 0.25) is 0 Å². The minimum atomic E-state index is -3.01. The maximum atomic E-state index is 11.5. The van der Waals surface area contributed by atoms with Gasteiger partial charge in [0.05, 0.1) is 16.9 Å². The Bertz CT molecular complexity index is 611. The summed E-state index contributed by atoms with van der Waals surface area (Å²) in [6, 6.07) is 5.29. The first kappa shape index (κ1) is 10.8. The highest BCUT2D eigenvalue weighted by Crippen LogP contribution is 2.49. The van der Waals surface area contributed by atoms with Gasteiger partial charge in [0.1, 0.15) is 0 Å². The quantitative estimate of drug-likeness (QED) is 0.859. The van der Waals surface area contributed by atoms with Crippen molar-refractivity contribution < 1.29 is 18.3 Å². The predicted octanol–water partition coefficient (Wildman–Crippen LogP) is 1.23. The van der Waals surface area contributed by atoms with E-state index in [0.29, 0.717) is 12.8 Å². The van der Waals surface area contributed by atoms with Gasteiger partial charge in [-0.05, 0) is 29.5 Å². The summed E-state index contributed by atoms with van der Waals surface area (Å²) in [6.07, 6.45) is 1.29. The number of hydrogen-bond acceptors (Lipinski definition) is 3. The molecule has 2 aliphatic rings. The first-order chi connectivity index (χ1) is 7.93. The topological polar surface area (TPSA) is 71.4 Å². The van der Waals surface area contributed by atoms with E-state index >= 15 is 0 Å². The molecule has 0 spiro atoms. The van der Waals surface area contributed by atoms with Gasteiger partial charge in [0.25, 0.3) is 0 Å². The van der Waals surface area contributed by atoms with Gasteiger partial charge in [-0.3, -0.25) is 4.79 Å². The molecule has 1 fully saturated rings. The fourth-order valence-electron chi connectivity index (χ4n) is 2.47. The molecule has 0 amide bonds. The molecule has 1 aromatic carbocycles. The van der Waals surface area contributed by atoms with Crippen molar-refractivity contribution in [3.05, 3.63) is 34.9 Å². The van der Waals surface area contributed by atoms with Crippen LogP contribution in [0.25, 0.3) is 0 Å². The van der Waals surface area contributed by atoms with E-state index in [9.17, 15) is 18.3 Å². The number of carboxylic acids is 1. The molecule has 3 rings (SSSR count). The molecule has 1 N–H and O–H groups in total. The summed E-state index contributed by atoms with van der Waals surface area (Å²) < 4.78 is 23.0. The minimum absolute atomic E-state index is 0.0475. The third-order valence-corrected chi connectivity index (χ3v) is 5.17. The summed E-state index contributed by atoms with van der Waals surface area (Å²) in [7, 11) is -3.01. The van der Waals surface area contributed by atoms with Crippen molar-refractivity contribution in [1.29, 1.82) is 0 Å². The Morgan fingerprint density at radius 3 is 2.41 bits per heavy atom. The molecule has 4 nitrogen and oxygen atoms in total. The van der Waals surface area contributed by atoms with Gasteiger partial charge in [0.15, 0.2) is 9.84 Å². The van der Waals surface area contributed by atoms with E-state index in [1.54, 1.807) is 18.2 Å². The SMILES string of the molecule is O=C(O)C1(c2ccc3c(c2)CS(=O)(=O)C3)CC1. The molecule has 0 saturated heterocycles. The maximum Gasteiger partial charge on any atom is 0.314 e. The number of carboxylic acid groups (broad SMARTS) is 1. The zero-order valence-corrected chi connectivity index (χ0v) is 9.96. The molecule has 0 radical (unpaired) electrons. The second-order valence-corrected chi connectivity index (χ2v) is 6.97. The van der Waals surface area contributed by atoms with E-state index in [4.69, 9.17) is 0 Å². The van der Waals surface area contributed by atoms with E-state index in [-0.39, 0.29) is 11.5 Å². The van der Waals surface area contributed by atoms with E-state index in [2.05, 4.69) is 0 Å². The Labute approximate surface area is 99.2 Å². The molecule has 1 aliphatic heterocycles. The van der Waals surface area contributed by atoms with Crippen molar-refractivity contribution in [1.82, 2.24) is 0 Å². The van der Waals surface area contributed by atoms with Gasteiger partial charge in [-0.1, -0.05) is 18.2 Å². The van der Waals surface area contributed by atoms with Gasteiger partial charge in [-0.15, -0.1) is 0 Å². The summed E-state index contributed by atoms with van der Waals surface area (Å²) in [6.45, 7) is 0. The van der Waals surface area contributed by atoms with E-state index in [1.165, 1.54) is 0 Å². The maximum absolute atomic E-state index is 11.5. The Kier molecular flexibility index (Phi) is 1.96.